The number of rotatable bonds is 3. The van der Waals surface area contributed by atoms with E-state index in [4.69, 9.17) is 15.6 Å². The number of hydrogen-bond donors (Lipinski definition) is 2. The van der Waals surface area contributed by atoms with Gasteiger partial charge >= 0.3 is 0 Å². The van der Waals surface area contributed by atoms with Crippen LogP contribution in [-0.4, -0.2) is 17.8 Å². The lowest BCUT2D eigenvalue weighted by molar-refractivity contribution is 0.123. The van der Waals surface area contributed by atoms with E-state index >= 15 is 0 Å². The van der Waals surface area contributed by atoms with Crippen LogP contribution in [0.1, 0.15) is 6.92 Å². The molecule has 0 spiro atoms. The molecule has 3 nitrogen and oxygen atoms in total. The molecule has 0 aliphatic heterocycles. The van der Waals surface area contributed by atoms with Crippen LogP contribution in [-0.2, 0) is 0 Å². The number of ether oxygens (including phenoxy) is 1. The molecular weight excluding hydrogens is 154 g/mol. The number of aliphatic hydroxyl groups excluding tert-OH is 1. The van der Waals surface area contributed by atoms with E-state index in [2.05, 4.69) is 0 Å². The van der Waals surface area contributed by atoms with Gasteiger partial charge in [0.2, 0.25) is 0 Å². The first kappa shape index (κ1) is 8.87. The van der Waals surface area contributed by atoms with E-state index in [0.717, 1.165) is 0 Å². The topological polar surface area (TPSA) is 55.5 Å². The summed E-state index contributed by atoms with van der Waals surface area (Å²) in [5.74, 6) is 0.691. The van der Waals surface area contributed by atoms with Crippen molar-refractivity contribution < 1.29 is 9.84 Å². The fourth-order valence-corrected chi connectivity index (χ4v) is 0.821. The maximum Gasteiger partial charge on any atom is 0.121 e. The molecule has 0 saturated heterocycles. The van der Waals surface area contributed by atoms with Crippen LogP contribution in [0.2, 0.25) is 0 Å². The van der Waals surface area contributed by atoms with Crippen molar-refractivity contribution in [2.75, 3.05) is 12.3 Å². The lowest BCUT2D eigenvalue weighted by atomic mass is 10.3. The summed E-state index contributed by atoms with van der Waals surface area (Å²) in [6, 6.07) is 7.13. The lowest BCUT2D eigenvalue weighted by Crippen LogP contribution is -2.12. The fourth-order valence-electron chi connectivity index (χ4n) is 0.821. The van der Waals surface area contributed by atoms with Crippen LogP contribution in [0, 0.1) is 0 Å². The highest BCUT2D eigenvalue weighted by Gasteiger charge is 1.97. The zero-order chi connectivity index (χ0) is 8.97. The minimum atomic E-state index is -0.452. The van der Waals surface area contributed by atoms with Gasteiger partial charge in [-0.1, -0.05) is 6.07 Å². The predicted octanol–water partition coefficient (Wildman–Crippen LogP) is 1.03. The van der Waals surface area contributed by atoms with E-state index in [1.807, 2.05) is 6.07 Å². The van der Waals surface area contributed by atoms with Crippen molar-refractivity contribution in [2.45, 2.75) is 13.0 Å². The van der Waals surface area contributed by atoms with Crippen LogP contribution in [0.25, 0.3) is 0 Å². The first-order valence-electron chi connectivity index (χ1n) is 3.85. The van der Waals surface area contributed by atoms with Gasteiger partial charge in [0.15, 0.2) is 0 Å². The number of nitrogen functional groups attached to an aromatic ring is 1. The smallest absolute Gasteiger partial charge is 0.121 e. The van der Waals surface area contributed by atoms with Gasteiger partial charge in [0.05, 0.1) is 6.10 Å². The number of anilines is 1. The second-order valence-corrected chi connectivity index (χ2v) is 2.73. The molecule has 0 aromatic heterocycles. The van der Waals surface area contributed by atoms with E-state index < -0.39 is 6.10 Å². The maximum atomic E-state index is 8.93. The standard InChI is InChI=1S/C9H13NO2/c1-7(11)6-12-9-4-2-3-8(10)5-9/h2-5,7,11H,6,10H2,1H3. The molecule has 12 heavy (non-hydrogen) atoms. The third-order valence-corrected chi connectivity index (χ3v) is 1.35. The van der Waals surface area contributed by atoms with Gasteiger partial charge in [-0.3, -0.25) is 0 Å². The zero-order valence-corrected chi connectivity index (χ0v) is 7.03. The fraction of sp³-hybridized carbons (Fsp3) is 0.333. The summed E-state index contributed by atoms with van der Waals surface area (Å²) >= 11 is 0. The molecule has 1 aromatic carbocycles. The van der Waals surface area contributed by atoms with Crippen molar-refractivity contribution in [3.63, 3.8) is 0 Å². The summed E-state index contributed by atoms with van der Waals surface area (Å²) in [5.41, 5.74) is 6.19. The van der Waals surface area contributed by atoms with E-state index in [9.17, 15) is 0 Å². The largest absolute Gasteiger partial charge is 0.491 e. The van der Waals surface area contributed by atoms with Crippen molar-refractivity contribution in [1.82, 2.24) is 0 Å². The second kappa shape index (κ2) is 3.97. The highest BCUT2D eigenvalue weighted by Crippen LogP contribution is 2.14. The first-order valence-corrected chi connectivity index (χ1v) is 3.85. The summed E-state index contributed by atoms with van der Waals surface area (Å²) in [4.78, 5) is 0. The summed E-state index contributed by atoms with van der Waals surface area (Å²) in [5, 5.41) is 8.93. The van der Waals surface area contributed by atoms with Crippen molar-refractivity contribution in [1.29, 1.82) is 0 Å². The Morgan fingerprint density at radius 2 is 2.33 bits per heavy atom. The Balaban J connectivity index is 2.52. The summed E-state index contributed by atoms with van der Waals surface area (Å²) in [6.45, 7) is 1.97. The zero-order valence-electron chi connectivity index (χ0n) is 7.03. The molecule has 0 heterocycles. The van der Waals surface area contributed by atoms with Crippen molar-refractivity contribution in [2.24, 2.45) is 0 Å². The first-order chi connectivity index (χ1) is 5.68. The predicted molar refractivity (Wildman–Crippen MR) is 48.0 cm³/mol. The summed E-state index contributed by atoms with van der Waals surface area (Å²) < 4.78 is 5.22. The quantitative estimate of drug-likeness (QED) is 0.661. The molecular formula is C9H13NO2. The molecule has 1 atom stereocenters. The molecule has 0 fully saturated rings. The maximum absolute atomic E-state index is 8.93. The van der Waals surface area contributed by atoms with E-state index in [-0.39, 0.29) is 0 Å². The Hall–Kier alpha value is -1.22. The Morgan fingerprint density at radius 3 is 2.92 bits per heavy atom. The Bertz CT molecular complexity index is 248. The third-order valence-electron chi connectivity index (χ3n) is 1.35. The van der Waals surface area contributed by atoms with E-state index in [1.165, 1.54) is 0 Å². The number of hydrogen-bond acceptors (Lipinski definition) is 3. The summed E-state index contributed by atoms with van der Waals surface area (Å²) in [7, 11) is 0. The molecule has 0 aliphatic carbocycles. The number of nitrogens with two attached hydrogens (primary N) is 1. The number of benzene rings is 1. The average Bonchev–Trinajstić information content (AvgIpc) is 2.01. The molecule has 3 heteroatoms. The van der Waals surface area contributed by atoms with Gasteiger partial charge in [0, 0.05) is 11.8 Å². The molecule has 0 amide bonds. The molecule has 3 N–H and O–H groups in total. The highest BCUT2D eigenvalue weighted by atomic mass is 16.5. The van der Waals surface area contributed by atoms with Crippen molar-refractivity contribution in [3.8, 4) is 5.75 Å². The average molecular weight is 167 g/mol. The van der Waals surface area contributed by atoms with Gasteiger partial charge in [-0.05, 0) is 19.1 Å². The van der Waals surface area contributed by atoms with Gasteiger partial charge < -0.3 is 15.6 Å². The third kappa shape index (κ3) is 2.80. The summed E-state index contributed by atoms with van der Waals surface area (Å²) in [6.07, 6.45) is -0.452. The number of aliphatic hydroxyl groups is 1. The molecule has 1 unspecified atom stereocenters. The molecule has 0 radical (unpaired) electrons. The normalized spacial score (nSPS) is 12.5. The molecule has 1 aromatic rings. The van der Waals surface area contributed by atoms with Gasteiger partial charge in [-0.2, -0.15) is 0 Å². The van der Waals surface area contributed by atoms with Crippen LogP contribution in [0.4, 0.5) is 5.69 Å². The lowest BCUT2D eigenvalue weighted by Gasteiger charge is -2.07. The molecule has 0 saturated carbocycles. The van der Waals surface area contributed by atoms with Gasteiger partial charge in [-0.25, -0.2) is 0 Å². The SMILES string of the molecule is CC(O)COc1cccc(N)c1. The minimum Gasteiger partial charge on any atom is -0.491 e. The molecule has 0 aliphatic rings. The van der Waals surface area contributed by atoms with Crippen LogP contribution in [0.5, 0.6) is 5.75 Å². The van der Waals surface area contributed by atoms with Crippen molar-refractivity contribution in [3.05, 3.63) is 24.3 Å². The Morgan fingerprint density at radius 1 is 1.58 bits per heavy atom. The van der Waals surface area contributed by atoms with Crippen LogP contribution >= 0.6 is 0 Å². The van der Waals surface area contributed by atoms with Gasteiger partial charge in [-0.15, -0.1) is 0 Å². The highest BCUT2D eigenvalue weighted by molar-refractivity contribution is 5.43. The van der Waals surface area contributed by atoms with Crippen molar-refractivity contribution >= 4 is 5.69 Å². The second-order valence-electron chi connectivity index (χ2n) is 2.73. The van der Waals surface area contributed by atoms with Crippen LogP contribution < -0.4 is 10.5 Å². The van der Waals surface area contributed by atoms with Crippen LogP contribution in [0.15, 0.2) is 24.3 Å². The minimum absolute atomic E-state index is 0.295. The monoisotopic (exact) mass is 167 g/mol. The molecule has 0 bridgehead atoms. The van der Waals surface area contributed by atoms with Gasteiger partial charge in [0.25, 0.3) is 0 Å². The Kier molecular flexibility index (Phi) is 2.94. The molecule has 1 rings (SSSR count). The Labute approximate surface area is 71.8 Å². The molecule has 66 valence electrons. The van der Waals surface area contributed by atoms with Gasteiger partial charge in [0.1, 0.15) is 12.4 Å². The van der Waals surface area contributed by atoms with Crippen LogP contribution in [0.3, 0.4) is 0 Å². The van der Waals surface area contributed by atoms with E-state index in [1.54, 1.807) is 25.1 Å². The van der Waals surface area contributed by atoms with E-state index in [0.29, 0.717) is 18.0 Å².